The fraction of sp³-hybridized carbons (Fsp3) is 0.0625. The van der Waals surface area contributed by atoms with Gasteiger partial charge in [-0.15, -0.1) is 5.10 Å². The number of anilines is 1. The van der Waals surface area contributed by atoms with Crippen LogP contribution >= 0.6 is 0 Å². The Labute approximate surface area is 137 Å². The van der Waals surface area contributed by atoms with Crippen LogP contribution in [0.4, 0.5) is 5.69 Å². The summed E-state index contributed by atoms with van der Waals surface area (Å²) in [4.78, 5) is 11.9. The SMILES string of the molecule is N#Cc1cccc(NC(=O)COc2ccc(-n3cnnn3)cc2)c1. The molecule has 0 fully saturated rings. The van der Waals surface area contributed by atoms with Crippen LogP contribution in [0.1, 0.15) is 5.56 Å². The summed E-state index contributed by atoms with van der Waals surface area (Å²) < 4.78 is 6.94. The summed E-state index contributed by atoms with van der Waals surface area (Å²) in [6.45, 7) is -0.138. The van der Waals surface area contributed by atoms with Crippen molar-refractivity contribution in [2.24, 2.45) is 0 Å². The van der Waals surface area contributed by atoms with Gasteiger partial charge in [0.1, 0.15) is 12.1 Å². The number of benzene rings is 2. The van der Waals surface area contributed by atoms with Crippen molar-refractivity contribution in [1.82, 2.24) is 20.2 Å². The molecule has 1 heterocycles. The van der Waals surface area contributed by atoms with E-state index >= 15 is 0 Å². The van der Waals surface area contributed by atoms with Crippen molar-refractivity contribution in [3.8, 4) is 17.5 Å². The van der Waals surface area contributed by atoms with Crippen LogP contribution in [0, 0.1) is 11.3 Å². The first-order valence-corrected chi connectivity index (χ1v) is 7.01. The summed E-state index contributed by atoms with van der Waals surface area (Å²) >= 11 is 0. The molecule has 0 unspecified atom stereocenters. The smallest absolute Gasteiger partial charge is 0.262 e. The molecule has 1 amide bonds. The van der Waals surface area contributed by atoms with Gasteiger partial charge in [-0.3, -0.25) is 4.79 Å². The molecule has 0 saturated carbocycles. The van der Waals surface area contributed by atoms with E-state index in [1.807, 2.05) is 6.07 Å². The molecule has 3 rings (SSSR count). The molecule has 0 saturated heterocycles. The van der Waals surface area contributed by atoms with E-state index in [9.17, 15) is 4.79 Å². The molecule has 0 aliphatic carbocycles. The third kappa shape index (κ3) is 3.72. The Kier molecular flexibility index (Phi) is 4.44. The second kappa shape index (κ2) is 7.02. The van der Waals surface area contributed by atoms with E-state index < -0.39 is 0 Å². The molecule has 0 spiro atoms. The highest BCUT2D eigenvalue weighted by Crippen LogP contribution is 2.14. The predicted molar refractivity (Wildman–Crippen MR) is 84.4 cm³/mol. The Morgan fingerprint density at radius 1 is 1.25 bits per heavy atom. The standard InChI is InChI=1S/C16H12N6O2/c17-9-12-2-1-3-13(8-12)19-16(23)10-24-15-6-4-14(5-7-15)22-11-18-20-21-22/h1-8,11H,10H2,(H,19,23). The quantitative estimate of drug-likeness (QED) is 0.764. The molecule has 3 aromatic rings. The number of carbonyl (C=O) groups is 1. The Hall–Kier alpha value is -3.73. The molecule has 0 bridgehead atoms. The Bertz CT molecular complexity index is 868. The molecule has 0 aliphatic heterocycles. The number of hydrogen-bond acceptors (Lipinski definition) is 6. The van der Waals surface area contributed by atoms with Crippen LogP contribution in [-0.2, 0) is 4.79 Å². The first kappa shape index (κ1) is 15.2. The number of hydrogen-bond donors (Lipinski definition) is 1. The number of aromatic nitrogens is 4. The minimum Gasteiger partial charge on any atom is -0.484 e. The largest absolute Gasteiger partial charge is 0.484 e. The topological polar surface area (TPSA) is 106 Å². The highest BCUT2D eigenvalue weighted by Gasteiger charge is 2.05. The molecule has 1 N–H and O–H groups in total. The van der Waals surface area contributed by atoms with Gasteiger partial charge in [0, 0.05) is 5.69 Å². The van der Waals surface area contributed by atoms with Gasteiger partial charge < -0.3 is 10.1 Å². The van der Waals surface area contributed by atoms with Crippen molar-refractivity contribution in [3.05, 3.63) is 60.4 Å². The lowest BCUT2D eigenvalue weighted by Gasteiger charge is -2.08. The molecule has 118 valence electrons. The van der Waals surface area contributed by atoms with Gasteiger partial charge in [-0.05, 0) is 52.9 Å². The number of nitrogens with one attached hydrogen (secondary N) is 1. The van der Waals surface area contributed by atoms with Crippen LogP contribution in [0.25, 0.3) is 5.69 Å². The fourth-order valence-corrected chi connectivity index (χ4v) is 1.99. The maximum Gasteiger partial charge on any atom is 0.262 e. The van der Waals surface area contributed by atoms with Gasteiger partial charge in [-0.1, -0.05) is 6.07 Å². The summed E-state index contributed by atoms with van der Waals surface area (Å²) in [5.74, 6) is 0.238. The monoisotopic (exact) mass is 320 g/mol. The van der Waals surface area contributed by atoms with Crippen LogP contribution < -0.4 is 10.1 Å². The number of rotatable bonds is 5. The van der Waals surface area contributed by atoms with Crippen molar-refractivity contribution in [2.45, 2.75) is 0 Å². The van der Waals surface area contributed by atoms with E-state index in [-0.39, 0.29) is 12.5 Å². The molecule has 0 aliphatic rings. The second-order valence-electron chi connectivity index (χ2n) is 4.78. The third-order valence-corrected chi connectivity index (χ3v) is 3.10. The maximum absolute atomic E-state index is 11.9. The van der Waals surface area contributed by atoms with Gasteiger partial charge in [-0.2, -0.15) is 5.26 Å². The zero-order valence-corrected chi connectivity index (χ0v) is 12.5. The van der Waals surface area contributed by atoms with E-state index in [1.165, 1.54) is 11.0 Å². The summed E-state index contributed by atoms with van der Waals surface area (Å²) in [6, 6.07) is 15.7. The number of nitriles is 1. The number of amides is 1. The van der Waals surface area contributed by atoms with Crippen molar-refractivity contribution in [2.75, 3.05) is 11.9 Å². The Morgan fingerprint density at radius 3 is 2.79 bits per heavy atom. The summed E-state index contributed by atoms with van der Waals surface area (Å²) in [5.41, 5.74) is 1.81. The average Bonchev–Trinajstić information content (AvgIpc) is 3.15. The van der Waals surface area contributed by atoms with Crippen LogP contribution in [0.5, 0.6) is 5.75 Å². The summed E-state index contributed by atoms with van der Waals surface area (Å²) in [7, 11) is 0. The molecule has 8 heteroatoms. The summed E-state index contributed by atoms with van der Waals surface area (Å²) in [5, 5.41) is 22.4. The van der Waals surface area contributed by atoms with Crippen LogP contribution in [0.3, 0.4) is 0 Å². The van der Waals surface area contributed by atoms with Gasteiger partial charge in [-0.25, -0.2) is 4.68 Å². The Balaban J connectivity index is 1.55. The molecule has 8 nitrogen and oxygen atoms in total. The van der Waals surface area contributed by atoms with Crippen LogP contribution in [0.2, 0.25) is 0 Å². The van der Waals surface area contributed by atoms with Gasteiger partial charge in [0.15, 0.2) is 6.61 Å². The highest BCUT2D eigenvalue weighted by atomic mass is 16.5. The van der Waals surface area contributed by atoms with E-state index in [0.717, 1.165) is 5.69 Å². The Morgan fingerprint density at radius 2 is 2.08 bits per heavy atom. The highest BCUT2D eigenvalue weighted by molar-refractivity contribution is 5.92. The van der Waals surface area contributed by atoms with Crippen molar-refractivity contribution in [1.29, 1.82) is 5.26 Å². The van der Waals surface area contributed by atoms with E-state index in [2.05, 4.69) is 20.8 Å². The first-order valence-electron chi connectivity index (χ1n) is 7.01. The number of carbonyl (C=O) groups excluding carboxylic acids is 1. The van der Waals surface area contributed by atoms with Gasteiger partial charge in [0.25, 0.3) is 5.91 Å². The zero-order valence-electron chi connectivity index (χ0n) is 12.5. The molecule has 24 heavy (non-hydrogen) atoms. The molecular weight excluding hydrogens is 308 g/mol. The minimum absolute atomic E-state index is 0.138. The second-order valence-corrected chi connectivity index (χ2v) is 4.78. The van der Waals surface area contributed by atoms with Crippen LogP contribution in [-0.4, -0.2) is 32.7 Å². The predicted octanol–water partition coefficient (Wildman–Crippen LogP) is 1.55. The molecule has 0 radical (unpaired) electrons. The van der Waals surface area contributed by atoms with E-state index in [4.69, 9.17) is 10.00 Å². The zero-order chi connectivity index (χ0) is 16.8. The molecule has 0 atom stereocenters. The van der Waals surface area contributed by atoms with Crippen LogP contribution in [0.15, 0.2) is 54.9 Å². The van der Waals surface area contributed by atoms with E-state index in [0.29, 0.717) is 17.0 Å². The normalized spacial score (nSPS) is 9.96. The minimum atomic E-state index is -0.311. The van der Waals surface area contributed by atoms with Gasteiger partial charge in [0.2, 0.25) is 0 Å². The number of tetrazole rings is 1. The first-order chi connectivity index (χ1) is 11.7. The lowest BCUT2D eigenvalue weighted by Crippen LogP contribution is -2.20. The van der Waals surface area contributed by atoms with Gasteiger partial charge >= 0.3 is 0 Å². The van der Waals surface area contributed by atoms with Crippen molar-refractivity contribution >= 4 is 11.6 Å². The fourth-order valence-electron chi connectivity index (χ4n) is 1.99. The lowest BCUT2D eigenvalue weighted by molar-refractivity contribution is -0.118. The van der Waals surface area contributed by atoms with Crippen molar-refractivity contribution < 1.29 is 9.53 Å². The third-order valence-electron chi connectivity index (χ3n) is 3.10. The number of nitrogens with zero attached hydrogens (tertiary/aromatic N) is 5. The van der Waals surface area contributed by atoms with Gasteiger partial charge in [0.05, 0.1) is 17.3 Å². The maximum atomic E-state index is 11.9. The average molecular weight is 320 g/mol. The molecular formula is C16H12N6O2. The van der Waals surface area contributed by atoms with Crippen molar-refractivity contribution in [3.63, 3.8) is 0 Å². The lowest BCUT2D eigenvalue weighted by atomic mass is 10.2. The van der Waals surface area contributed by atoms with E-state index in [1.54, 1.807) is 48.5 Å². The number of ether oxygens (including phenoxy) is 1. The molecule has 1 aromatic heterocycles. The summed E-state index contributed by atoms with van der Waals surface area (Å²) in [6.07, 6.45) is 1.48. The molecule has 2 aromatic carbocycles.